The van der Waals surface area contributed by atoms with Gasteiger partial charge in [-0.15, -0.1) is 0 Å². The van der Waals surface area contributed by atoms with Crippen LogP contribution in [0.25, 0.3) is 0 Å². The number of fused-ring (bicyclic) bond motifs is 1. The maximum atomic E-state index is 13.0. The van der Waals surface area contributed by atoms with Gasteiger partial charge in [0.25, 0.3) is 0 Å². The molecule has 0 amide bonds. The predicted octanol–water partition coefficient (Wildman–Crippen LogP) is 2.54. The first kappa shape index (κ1) is 16.7. The minimum Gasteiger partial charge on any atom is -0.465 e. The summed E-state index contributed by atoms with van der Waals surface area (Å²) >= 11 is 0. The molecule has 5 nitrogen and oxygen atoms in total. The van der Waals surface area contributed by atoms with E-state index >= 15 is 0 Å². The van der Waals surface area contributed by atoms with Crippen molar-refractivity contribution in [2.75, 3.05) is 13.2 Å². The van der Waals surface area contributed by atoms with Gasteiger partial charge in [0, 0.05) is 6.54 Å². The van der Waals surface area contributed by atoms with Crippen molar-refractivity contribution in [3.8, 4) is 0 Å². The van der Waals surface area contributed by atoms with E-state index in [-0.39, 0.29) is 18.0 Å². The molecule has 6 heteroatoms. The number of hydrogen-bond acceptors (Lipinski definition) is 4. The fraction of sp³-hybridized carbons (Fsp3) is 0.278. The van der Waals surface area contributed by atoms with E-state index in [9.17, 15) is 13.2 Å². The van der Waals surface area contributed by atoms with E-state index in [1.165, 1.54) is 16.4 Å². The van der Waals surface area contributed by atoms with Crippen LogP contribution in [0, 0.1) is 0 Å². The van der Waals surface area contributed by atoms with Crippen molar-refractivity contribution in [2.45, 2.75) is 24.3 Å². The topological polar surface area (TPSA) is 63.7 Å². The smallest absolute Gasteiger partial charge is 0.329 e. The van der Waals surface area contributed by atoms with Gasteiger partial charge in [0.2, 0.25) is 10.0 Å². The number of carbonyl (C=O) groups is 1. The van der Waals surface area contributed by atoms with Gasteiger partial charge >= 0.3 is 5.97 Å². The molecule has 2 aromatic carbocycles. The molecule has 0 saturated carbocycles. The van der Waals surface area contributed by atoms with Gasteiger partial charge in [-0.1, -0.05) is 42.5 Å². The number of sulfonamides is 1. The second-order valence-corrected chi connectivity index (χ2v) is 7.42. The number of rotatable bonds is 4. The van der Waals surface area contributed by atoms with Crippen LogP contribution >= 0.6 is 0 Å². The fourth-order valence-electron chi connectivity index (χ4n) is 3.00. The van der Waals surface area contributed by atoms with Crippen LogP contribution in [-0.4, -0.2) is 31.8 Å². The second kappa shape index (κ2) is 6.75. The SMILES string of the molecule is CCOC(=O)C1c2ccccc2CCN1S(=O)(=O)c1ccccc1. The molecule has 0 radical (unpaired) electrons. The summed E-state index contributed by atoms with van der Waals surface area (Å²) in [4.78, 5) is 12.7. The molecule has 3 rings (SSSR count). The number of nitrogens with zero attached hydrogens (tertiary/aromatic N) is 1. The van der Waals surface area contributed by atoms with Crippen LogP contribution in [0.5, 0.6) is 0 Å². The van der Waals surface area contributed by atoms with Gasteiger partial charge in [-0.2, -0.15) is 4.31 Å². The molecule has 0 spiro atoms. The van der Waals surface area contributed by atoms with Crippen molar-refractivity contribution in [1.29, 1.82) is 0 Å². The summed E-state index contributed by atoms with van der Waals surface area (Å²) in [6, 6.07) is 14.7. The highest BCUT2D eigenvalue weighted by Crippen LogP contribution is 2.35. The molecular formula is C18H19NO4S. The number of esters is 1. The Morgan fingerprint density at radius 3 is 2.50 bits per heavy atom. The van der Waals surface area contributed by atoms with Gasteiger partial charge < -0.3 is 4.74 Å². The highest BCUT2D eigenvalue weighted by atomic mass is 32.2. The third-order valence-electron chi connectivity index (χ3n) is 4.10. The summed E-state index contributed by atoms with van der Waals surface area (Å²) < 4.78 is 32.5. The largest absolute Gasteiger partial charge is 0.465 e. The molecule has 0 aliphatic carbocycles. The van der Waals surface area contributed by atoms with E-state index in [2.05, 4.69) is 0 Å². The van der Waals surface area contributed by atoms with Crippen molar-refractivity contribution >= 4 is 16.0 Å². The Morgan fingerprint density at radius 1 is 1.12 bits per heavy atom. The Kier molecular flexibility index (Phi) is 4.69. The highest BCUT2D eigenvalue weighted by Gasteiger charge is 2.41. The zero-order valence-electron chi connectivity index (χ0n) is 13.4. The van der Waals surface area contributed by atoms with Gasteiger partial charge in [-0.05, 0) is 36.6 Å². The minimum absolute atomic E-state index is 0.179. The third kappa shape index (κ3) is 2.95. The number of ether oxygens (including phenoxy) is 1. The van der Waals surface area contributed by atoms with Gasteiger partial charge in [-0.3, -0.25) is 0 Å². The molecule has 0 saturated heterocycles. The summed E-state index contributed by atoms with van der Waals surface area (Å²) in [7, 11) is -3.78. The maximum Gasteiger partial charge on any atom is 0.329 e. The summed E-state index contributed by atoms with van der Waals surface area (Å²) in [5.74, 6) is -0.538. The summed E-state index contributed by atoms with van der Waals surface area (Å²) in [6.07, 6.45) is 0.568. The normalized spacial score (nSPS) is 18.0. The van der Waals surface area contributed by atoms with E-state index in [1.807, 2.05) is 18.2 Å². The van der Waals surface area contributed by atoms with Crippen molar-refractivity contribution in [3.63, 3.8) is 0 Å². The van der Waals surface area contributed by atoms with Crippen LogP contribution in [0.4, 0.5) is 0 Å². The molecule has 2 aromatic rings. The highest BCUT2D eigenvalue weighted by molar-refractivity contribution is 7.89. The van der Waals surface area contributed by atoms with Crippen LogP contribution in [0.1, 0.15) is 24.1 Å². The maximum absolute atomic E-state index is 13.0. The lowest BCUT2D eigenvalue weighted by molar-refractivity contribution is -0.148. The molecule has 0 N–H and O–H groups in total. The van der Waals surface area contributed by atoms with Gasteiger partial charge in [0.05, 0.1) is 11.5 Å². The van der Waals surface area contributed by atoms with Crippen molar-refractivity contribution in [1.82, 2.24) is 4.31 Å². The fourth-order valence-corrected chi connectivity index (χ4v) is 4.58. The molecule has 24 heavy (non-hydrogen) atoms. The van der Waals surface area contributed by atoms with Gasteiger partial charge in [0.1, 0.15) is 6.04 Å². The van der Waals surface area contributed by atoms with Crippen LogP contribution in [-0.2, 0) is 26.0 Å². The van der Waals surface area contributed by atoms with Crippen LogP contribution in [0.2, 0.25) is 0 Å². The predicted molar refractivity (Wildman–Crippen MR) is 89.9 cm³/mol. The lowest BCUT2D eigenvalue weighted by atomic mass is 9.94. The minimum atomic E-state index is -3.78. The molecule has 1 atom stereocenters. The van der Waals surface area contributed by atoms with Crippen molar-refractivity contribution in [2.24, 2.45) is 0 Å². The second-order valence-electron chi connectivity index (χ2n) is 5.53. The Balaban J connectivity index is 2.08. The zero-order valence-corrected chi connectivity index (χ0v) is 14.2. The van der Waals surface area contributed by atoms with E-state index in [4.69, 9.17) is 4.74 Å². The number of carbonyl (C=O) groups excluding carboxylic acids is 1. The van der Waals surface area contributed by atoms with E-state index in [1.54, 1.807) is 31.2 Å². The monoisotopic (exact) mass is 345 g/mol. The van der Waals surface area contributed by atoms with E-state index in [0.29, 0.717) is 12.0 Å². The average molecular weight is 345 g/mol. The summed E-state index contributed by atoms with van der Waals surface area (Å²) in [6.45, 7) is 2.16. The standard InChI is InChI=1S/C18H19NO4S/c1-2-23-18(20)17-16-11-7-6-8-14(16)12-13-19(17)24(21,22)15-9-4-3-5-10-15/h3-11,17H,2,12-13H2,1H3. The summed E-state index contributed by atoms with van der Waals surface area (Å²) in [5, 5.41) is 0. The van der Waals surface area contributed by atoms with Crippen molar-refractivity contribution < 1.29 is 17.9 Å². The molecule has 1 aliphatic rings. The number of benzene rings is 2. The van der Waals surface area contributed by atoms with Gasteiger partial charge in [0.15, 0.2) is 0 Å². The molecule has 0 aromatic heterocycles. The molecule has 0 fully saturated rings. The molecule has 1 aliphatic heterocycles. The Labute approximate surface area is 141 Å². The number of hydrogen-bond donors (Lipinski definition) is 0. The first-order valence-corrected chi connectivity index (χ1v) is 9.31. The Hall–Kier alpha value is -2.18. The third-order valence-corrected chi connectivity index (χ3v) is 5.98. The van der Waals surface area contributed by atoms with Crippen molar-refractivity contribution in [3.05, 3.63) is 65.7 Å². The van der Waals surface area contributed by atoms with Crippen LogP contribution in [0.15, 0.2) is 59.5 Å². The van der Waals surface area contributed by atoms with Crippen LogP contribution in [0.3, 0.4) is 0 Å². The molecule has 1 unspecified atom stereocenters. The first-order valence-electron chi connectivity index (χ1n) is 7.87. The lowest BCUT2D eigenvalue weighted by Gasteiger charge is -2.34. The van der Waals surface area contributed by atoms with E-state index < -0.39 is 22.0 Å². The molecular weight excluding hydrogens is 326 g/mol. The van der Waals surface area contributed by atoms with Crippen LogP contribution < -0.4 is 0 Å². The quantitative estimate of drug-likeness (QED) is 0.799. The molecule has 126 valence electrons. The molecule has 1 heterocycles. The Morgan fingerprint density at radius 2 is 1.79 bits per heavy atom. The summed E-state index contributed by atoms with van der Waals surface area (Å²) in [5.41, 5.74) is 1.68. The zero-order chi connectivity index (χ0) is 17.2. The lowest BCUT2D eigenvalue weighted by Crippen LogP contribution is -2.44. The Bertz CT molecular complexity index is 833. The first-order chi connectivity index (χ1) is 11.6. The average Bonchev–Trinajstić information content (AvgIpc) is 2.61. The van der Waals surface area contributed by atoms with Gasteiger partial charge in [-0.25, -0.2) is 13.2 Å². The van der Waals surface area contributed by atoms with E-state index in [0.717, 1.165) is 5.56 Å². The molecule has 0 bridgehead atoms.